The minimum atomic E-state index is 0.625. The number of benzene rings is 1. The Labute approximate surface area is 99.5 Å². The van der Waals surface area contributed by atoms with E-state index in [0.717, 1.165) is 17.8 Å². The summed E-state index contributed by atoms with van der Waals surface area (Å²) in [5.74, 6) is 0.625. The topological polar surface area (TPSA) is 37.8 Å². The number of nitrogens with zero attached hydrogens (tertiary/aromatic N) is 2. The molecule has 3 nitrogen and oxygen atoms in total. The van der Waals surface area contributed by atoms with Crippen LogP contribution in [0.3, 0.4) is 0 Å². The second kappa shape index (κ2) is 4.94. The molecule has 4 heteroatoms. The van der Waals surface area contributed by atoms with Crippen molar-refractivity contribution in [3.63, 3.8) is 0 Å². The number of halogens is 1. The molecule has 0 aliphatic carbocycles. The Morgan fingerprint density at radius 3 is 2.81 bits per heavy atom. The lowest BCUT2D eigenvalue weighted by molar-refractivity contribution is 1.09. The van der Waals surface area contributed by atoms with E-state index in [1.54, 1.807) is 6.20 Å². The summed E-state index contributed by atoms with van der Waals surface area (Å²) in [5, 5.41) is 3.77. The van der Waals surface area contributed by atoms with Gasteiger partial charge in [-0.05, 0) is 19.1 Å². The van der Waals surface area contributed by atoms with Gasteiger partial charge in [-0.1, -0.05) is 29.8 Å². The third kappa shape index (κ3) is 2.31. The molecular formula is C12H12ClN3. The predicted molar refractivity (Wildman–Crippen MR) is 66.6 cm³/mol. The Kier molecular flexibility index (Phi) is 3.37. The number of aromatic nitrogens is 2. The number of rotatable bonds is 3. The van der Waals surface area contributed by atoms with Crippen LogP contribution in [0, 0.1) is 0 Å². The van der Waals surface area contributed by atoms with E-state index in [0.29, 0.717) is 11.0 Å². The molecule has 1 N–H and O–H groups in total. The van der Waals surface area contributed by atoms with Crippen LogP contribution in [-0.2, 0) is 0 Å². The van der Waals surface area contributed by atoms with Crippen molar-refractivity contribution in [3.05, 3.63) is 41.6 Å². The van der Waals surface area contributed by atoms with Crippen LogP contribution < -0.4 is 5.32 Å². The Morgan fingerprint density at radius 2 is 2.06 bits per heavy atom. The highest BCUT2D eigenvalue weighted by Gasteiger charge is 2.04. The van der Waals surface area contributed by atoms with E-state index in [2.05, 4.69) is 15.3 Å². The summed E-state index contributed by atoms with van der Waals surface area (Å²) in [4.78, 5) is 8.51. The van der Waals surface area contributed by atoms with Crippen LogP contribution in [0.5, 0.6) is 0 Å². The highest BCUT2D eigenvalue weighted by Crippen LogP contribution is 2.25. The zero-order chi connectivity index (χ0) is 11.4. The van der Waals surface area contributed by atoms with Gasteiger partial charge in [-0.15, -0.1) is 0 Å². The lowest BCUT2D eigenvalue weighted by Crippen LogP contribution is -2.02. The fourth-order valence-electron chi connectivity index (χ4n) is 1.42. The Balaban J connectivity index is 2.40. The van der Waals surface area contributed by atoms with Gasteiger partial charge < -0.3 is 5.32 Å². The fourth-order valence-corrected chi connectivity index (χ4v) is 1.65. The van der Waals surface area contributed by atoms with Crippen molar-refractivity contribution >= 4 is 17.5 Å². The Bertz CT molecular complexity index is 485. The van der Waals surface area contributed by atoms with Crippen molar-refractivity contribution in [1.82, 2.24) is 9.97 Å². The van der Waals surface area contributed by atoms with Crippen molar-refractivity contribution in [1.29, 1.82) is 0 Å². The normalized spacial score (nSPS) is 10.1. The summed E-state index contributed by atoms with van der Waals surface area (Å²) in [6.45, 7) is 2.80. The average molecular weight is 234 g/mol. The maximum atomic E-state index is 6.11. The highest BCUT2D eigenvalue weighted by molar-refractivity contribution is 6.33. The molecule has 1 aromatic carbocycles. The van der Waals surface area contributed by atoms with Gasteiger partial charge in [0.05, 0.1) is 5.69 Å². The van der Waals surface area contributed by atoms with E-state index < -0.39 is 0 Å². The Morgan fingerprint density at radius 1 is 1.25 bits per heavy atom. The lowest BCUT2D eigenvalue weighted by Gasteiger charge is -2.05. The van der Waals surface area contributed by atoms with Crippen molar-refractivity contribution < 1.29 is 0 Å². The standard InChI is InChI=1S/C12H12ClN3/c1-2-14-12-15-8-7-11(16-12)9-5-3-4-6-10(9)13/h3-8H,2H2,1H3,(H,14,15,16). The van der Waals surface area contributed by atoms with Crippen molar-refractivity contribution in [3.8, 4) is 11.3 Å². The van der Waals surface area contributed by atoms with Gasteiger partial charge in [0.15, 0.2) is 0 Å². The van der Waals surface area contributed by atoms with E-state index in [-0.39, 0.29) is 0 Å². The molecule has 0 amide bonds. The first kappa shape index (κ1) is 10.9. The molecule has 0 aliphatic heterocycles. The van der Waals surface area contributed by atoms with Gasteiger partial charge in [0.1, 0.15) is 0 Å². The first-order valence-corrected chi connectivity index (χ1v) is 5.51. The maximum absolute atomic E-state index is 6.11. The van der Waals surface area contributed by atoms with E-state index >= 15 is 0 Å². The van der Waals surface area contributed by atoms with Crippen LogP contribution in [0.4, 0.5) is 5.95 Å². The first-order chi connectivity index (χ1) is 7.81. The van der Waals surface area contributed by atoms with Gasteiger partial charge in [-0.25, -0.2) is 9.97 Å². The molecule has 0 radical (unpaired) electrons. The SMILES string of the molecule is CCNc1nccc(-c2ccccc2Cl)n1. The molecule has 0 saturated heterocycles. The van der Waals surface area contributed by atoms with Crippen LogP contribution in [0.15, 0.2) is 36.5 Å². The van der Waals surface area contributed by atoms with Gasteiger partial charge in [0, 0.05) is 23.3 Å². The quantitative estimate of drug-likeness (QED) is 0.885. The third-order valence-corrected chi connectivity index (χ3v) is 2.47. The number of nitrogens with one attached hydrogen (secondary N) is 1. The molecule has 0 unspecified atom stereocenters. The largest absolute Gasteiger partial charge is 0.354 e. The zero-order valence-corrected chi connectivity index (χ0v) is 9.70. The first-order valence-electron chi connectivity index (χ1n) is 5.13. The Hall–Kier alpha value is -1.61. The molecule has 0 saturated carbocycles. The summed E-state index contributed by atoms with van der Waals surface area (Å²) in [7, 11) is 0. The van der Waals surface area contributed by atoms with Gasteiger partial charge in [0.2, 0.25) is 5.95 Å². The summed E-state index contributed by atoms with van der Waals surface area (Å²) in [6, 6.07) is 9.49. The van der Waals surface area contributed by atoms with Crippen molar-refractivity contribution in [2.45, 2.75) is 6.92 Å². The van der Waals surface area contributed by atoms with Crippen LogP contribution in [-0.4, -0.2) is 16.5 Å². The molecule has 16 heavy (non-hydrogen) atoms. The minimum absolute atomic E-state index is 0.625. The molecule has 82 valence electrons. The van der Waals surface area contributed by atoms with Crippen LogP contribution >= 0.6 is 11.6 Å². The molecule has 0 atom stereocenters. The molecule has 0 bridgehead atoms. The lowest BCUT2D eigenvalue weighted by atomic mass is 10.1. The molecule has 1 aromatic heterocycles. The van der Waals surface area contributed by atoms with Gasteiger partial charge in [-0.3, -0.25) is 0 Å². The van der Waals surface area contributed by atoms with Crippen molar-refractivity contribution in [2.24, 2.45) is 0 Å². The van der Waals surface area contributed by atoms with Crippen molar-refractivity contribution in [2.75, 3.05) is 11.9 Å². The van der Waals surface area contributed by atoms with E-state index in [9.17, 15) is 0 Å². The van der Waals surface area contributed by atoms with Crippen LogP contribution in [0.25, 0.3) is 11.3 Å². The summed E-state index contributed by atoms with van der Waals surface area (Å²) in [6.07, 6.45) is 1.73. The molecule has 1 heterocycles. The van der Waals surface area contributed by atoms with E-state index in [4.69, 9.17) is 11.6 Å². The summed E-state index contributed by atoms with van der Waals surface area (Å²) in [5.41, 5.74) is 1.75. The van der Waals surface area contributed by atoms with Gasteiger partial charge >= 0.3 is 0 Å². The molecule has 2 rings (SSSR count). The smallest absolute Gasteiger partial charge is 0.223 e. The summed E-state index contributed by atoms with van der Waals surface area (Å²) < 4.78 is 0. The molecule has 2 aromatic rings. The molecule has 0 aliphatic rings. The molecule has 0 fully saturated rings. The molecule has 0 spiro atoms. The second-order valence-electron chi connectivity index (χ2n) is 3.28. The molecular weight excluding hydrogens is 222 g/mol. The highest BCUT2D eigenvalue weighted by atomic mass is 35.5. The summed E-state index contributed by atoms with van der Waals surface area (Å²) >= 11 is 6.11. The number of hydrogen-bond acceptors (Lipinski definition) is 3. The second-order valence-corrected chi connectivity index (χ2v) is 3.68. The predicted octanol–water partition coefficient (Wildman–Crippen LogP) is 3.23. The number of hydrogen-bond donors (Lipinski definition) is 1. The maximum Gasteiger partial charge on any atom is 0.223 e. The fraction of sp³-hybridized carbons (Fsp3) is 0.167. The van der Waals surface area contributed by atoms with E-state index in [1.807, 2.05) is 37.3 Å². The average Bonchev–Trinajstić information content (AvgIpc) is 2.30. The van der Waals surface area contributed by atoms with Gasteiger partial charge in [0.25, 0.3) is 0 Å². The van der Waals surface area contributed by atoms with Gasteiger partial charge in [-0.2, -0.15) is 0 Å². The zero-order valence-electron chi connectivity index (χ0n) is 8.94. The van der Waals surface area contributed by atoms with E-state index in [1.165, 1.54) is 0 Å². The third-order valence-electron chi connectivity index (χ3n) is 2.14. The monoisotopic (exact) mass is 233 g/mol. The number of anilines is 1. The minimum Gasteiger partial charge on any atom is -0.354 e. The van der Waals surface area contributed by atoms with Crippen LogP contribution in [0.2, 0.25) is 5.02 Å². The van der Waals surface area contributed by atoms with Crippen LogP contribution in [0.1, 0.15) is 6.92 Å².